The Hall–Kier alpha value is -2.14. The summed E-state index contributed by atoms with van der Waals surface area (Å²) in [5.41, 5.74) is 4.17. The van der Waals surface area contributed by atoms with Gasteiger partial charge in [-0.3, -0.25) is 0 Å². The van der Waals surface area contributed by atoms with Crippen LogP contribution in [0.4, 0.5) is 0 Å². The van der Waals surface area contributed by atoms with Gasteiger partial charge in [0.1, 0.15) is 17.8 Å². The van der Waals surface area contributed by atoms with E-state index in [0.717, 1.165) is 53.5 Å². The maximum absolute atomic E-state index is 5.47. The number of nitrogens with zero attached hydrogens (tertiary/aromatic N) is 2. The number of nitrogens with one attached hydrogen (secondary N) is 1. The highest BCUT2D eigenvalue weighted by atomic mass is 16.5. The lowest BCUT2D eigenvalue weighted by atomic mass is 10.00. The Labute approximate surface area is 118 Å². The van der Waals surface area contributed by atoms with E-state index in [9.17, 15) is 0 Å². The smallest absolute Gasteiger partial charge is 0.131 e. The minimum atomic E-state index is 0.760. The summed E-state index contributed by atoms with van der Waals surface area (Å²) in [5.74, 6) is 1.53. The topological polar surface area (TPSA) is 56.3 Å². The highest BCUT2D eigenvalue weighted by Crippen LogP contribution is 2.34. The van der Waals surface area contributed by atoms with Gasteiger partial charge >= 0.3 is 0 Å². The SMILES string of the molecule is COc1ccc(-c2ncnc3c2CNCC3)c(OC)c1. The van der Waals surface area contributed by atoms with Crippen molar-refractivity contribution in [2.45, 2.75) is 13.0 Å². The van der Waals surface area contributed by atoms with Crippen LogP contribution in [0.25, 0.3) is 11.3 Å². The third-order valence-corrected chi connectivity index (χ3v) is 3.54. The minimum Gasteiger partial charge on any atom is -0.497 e. The number of ether oxygens (including phenoxy) is 2. The predicted molar refractivity (Wildman–Crippen MR) is 76.0 cm³/mol. The Bertz CT molecular complexity index is 629. The molecule has 3 rings (SSSR count). The monoisotopic (exact) mass is 271 g/mol. The van der Waals surface area contributed by atoms with Gasteiger partial charge in [-0.05, 0) is 12.1 Å². The second-order valence-corrected chi connectivity index (χ2v) is 4.64. The third-order valence-electron chi connectivity index (χ3n) is 3.54. The molecule has 0 saturated heterocycles. The summed E-state index contributed by atoms with van der Waals surface area (Å²) in [4.78, 5) is 8.83. The van der Waals surface area contributed by atoms with Gasteiger partial charge in [-0.15, -0.1) is 0 Å². The summed E-state index contributed by atoms with van der Waals surface area (Å²) in [6.07, 6.45) is 2.56. The quantitative estimate of drug-likeness (QED) is 0.922. The van der Waals surface area contributed by atoms with Crippen LogP contribution in [0.1, 0.15) is 11.3 Å². The summed E-state index contributed by atoms with van der Waals surface area (Å²) in [7, 11) is 3.30. The van der Waals surface area contributed by atoms with E-state index in [0.29, 0.717) is 0 Å². The molecule has 0 spiro atoms. The molecular weight excluding hydrogens is 254 g/mol. The Kier molecular flexibility index (Phi) is 3.52. The van der Waals surface area contributed by atoms with E-state index in [-0.39, 0.29) is 0 Å². The molecule has 20 heavy (non-hydrogen) atoms. The second-order valence-electron chi connectivity index (χ2n) is 4.64. The summed E-state index contributed by atoms with van der Waals surface area (Å²) in [6, 6.07) is 5.78. The molecule has 2 heterocycles. The van der Waals surface area contributed by atoms with Crippen molar-refractivity contribution in [3.05, 3.63) is 35.8 Å². The van der Waals surface area contributed by atoms with Crippen molar-refractivity contribution >= 4 is 0 Å². The normalized spacial score (nSPS) is 13.7. The molecule has 1 aliphatic rings. The number of hydrogen-bond donors (Lipinski definition) is 1. The highest BCUT2D eigenvalue weighted by molar-refractivity contribution is 5.71. The van der Waals surface area contributed by atoms with E-state index in [1.165, 1.54) is 0 Å². The fraction of sp³-hybridized carbons (Fsp3) is 0.333. The minimum absolute atomic E-state index is 0.760. The van der Waals surface area contributed by atoms with Crippen LogP contribution in [0.5, 0.6) is 11.5 Å². The molecule has 0 saturated carbocycles. The molecule has 2 aromatic rings. The maximum Gasteiger partial charge on any atom is 0.131 e. The van der Waals surface area contributed by atoms with Crippen molar-refractivity contribution in [3.63, 3.8) is 0 Å². The molecule has 5 nitrogen and oxygen atoms in total. The molecule has 0 fully saturated rings. The Morgan fingerprint density at radius 2 is 2.05 bits per heavy atom. The van der Waals surface area contributed by atoms with E-state index in [1.54, 1.807) is 20.5 Å². The van der Waals surface area contributed by atoms with Gasteiger partial charge in [0.15, 0.2) is 0 Å². The summed E-state index contributed by atoms with van der Waals surface area (Å²) >= 11 is 0. The van der Waals surface area contributed by atoms with E-state index in [2.05, 4.69) is 15.3 Å². The van der Waals surface area contributed by atoms with Crippen LogP contribution in [0.2, 0.25) is 0 Å². The standard InChI is InChI=1S/C15H17N3O2/c1-19-10-3-4-11(14(7-10)20-2)15-12-8-16-6-5-13(12)17-9-18-15/h3-4,7,9,16H,5-6,8H2,1-2H3. The molecule has 0 bridgehead atoms. The summed E-state index contributed by atoms with van der Waals surface area (Å²) in [6.45, 7) is 1.75. The molecule has 0 amide bonds. The van der Waals surface area contributed by atoms with Gasteiger partial charge in [-0.25, -0.2) is 9.97 Å². The number of methoxy groups -OCH3 is 2. The number of hydrogen-bond acceptors (Lipinski definition) is 5. The van der Waals surface area contributed by atoms with Crippen molar-refractivity contribution in [1.29, 1.82) is 0 Å². The first-order valence-corrected chi connectivity index (χ1v) is 6.59. The van der Waals surface area contributed by atoms with Gasteiger partial charge in [-0.1, -0.05) is 0 Å². The van der Waals surface area contributed by atoms with Crippen molar-refractivity contribution in [3.8, 4) is 22.8 Å². The first kappa shape index (κ1) is 12.9. The number of fused-ring (bicyclic) bond motifs is 1. The zero-order chi connectivity index (χ0) is 13.9. The first-order valence-electron chi connectivity index (χ1n) is 6.59. The lowest BCUT2D eigenvalue weighted by Gasteiger charge is -2.19. The highest BCUT2D eigenvalue weighted by Gasteiger charge is 2.18. The van der Waals surface area contributed by atoms with Gasteiger partial charge in [0.2, 0.25) is 0 Å². The molecule has 0 unspecified atom stereocenters. The number of rotatable bonds is 3. The summed E-state index contributed by atoms with van der Waals surface area (Å²) in [5, 5.41) is 3.37. The van der Waals surface area contributed by atoms with Crippen LogP contribution in [0.3, 0.4) is 0 Å². The molecule has 0 atom stereocenters. The number of aromatic nitrogens is 2. The Morgan fingerprint density at radius 1 is 1.15 bits per heavy atom. The van der Waals surface area contributed by atoms with E-state index in [1.807, 2.05) is 18.2 Å². The molecule has 1 aliphatic heterocycles. The van der Waals surface area contributed by atoms with Gasteiger partial charge < -0.3 is 14.8 Å². The Balaban J connectivity index is 2.13. The molecule has 0 radical (unpaired) electrons. The van der Waals surface area contributed by atoms with Crippen molar-refractivity contribution < 1.29 is 9.47 Å². The maximum atomic E-state index is 5.47. The van der Waals surface area contributed by atoms with Crippen LogP contribution >= 0.6 is 0 Å². The Morgan fingerprint density at radius 3 is 2.85 bits per heavy atom. The summed E-state index contributed by atoms with van der Waals surface area (Å²) < 4.78 is 10.7. The largest absolute Gasteiger partial charge is 0.497 e. The fourth-order valence-corrected chi connectivity index (χ4v) is 2.50. The predicted octanol–water partition coefficient (Wildman–Crippen LogP) is 1.81. The zero-order valence-corrected chi connectivity index (χ0v) is 11.6. The molecule has 1 aromatic heterocycles. The van der Waals surface area contributed by atoms with Gasteiger partial charge in [0.05, 0.1) is 25.6 Å². The molecule has 5 heteroatoms. The fourth-order valence-electron chi connectivity index (χ4n) is 2.50. The van der Waals surface area contributed by atoms with Crippen molar-refractivity contribution in [2.24, 2.45) is 0 Å². The lowest BCUT2D eigenvalue weighted by Crippen LogP contribution is -2.25. The van der Waals surface area contributed by atoms with Crippen LogP contribution in [-0.4, -0.2) is 30.7 Å². The van der Waals surface area contributed by atoms with Crippen LogP contribution in [0.15, 0.2) is 24.5 Å². The van der Waals surface area contributed by atoms with Crippen LogP contribution < -0.4 is 14.8 Å². The number of benzene rings is 1. The average Bonchev–Trinajstić information content (AvgIpc) is 2.53. The van der Waals surface area contributed by atoms with E-state index in [4.69, 9.17) is 9.47 Å². The zero-order valence-electron chi connectivity index (χ0n) is 11.6. The molecule has 0 aliphatic carbocycles. The average molecular weight is 271 g/mol. The van der Waals surface area contributed by atoms with Crippen LogP contribution in [-0.2, 0) is 13.0 Å². The molecular formula is C15H17N3O2. The van der Waals surface area contributed by atoms with Crippen molar-refractivity contribution in [2.75, 3.05) is 20.8 Å². The molecule has 1 N–H and O–H groups in total. The van der Waals surface area contributed by atoms with Crippen molar-refractivity contribution in [1.82, 2.24) is 15.3 Å². The third kappa shape index (κ3) is 2.20. The first-order chi connectivity index (χ1) is 9.83. The van der Waals surface area contributed by atoms with E-state index >= 15 is 0 Å². The van der Waals surface area contributed by atoms with Gasteiger partial charge in [0.25, 0.3) is 0 Å². The van der Waals surface area contributed by atoms with Crippen LogP contribution in [0, 0.1) is 0 Å². The lowest BCUT2D eigenvalue weighted by molar-refractivity contribution is 0.395. The molecule has 1 aromatic carbocycles. The van der Waals surface area contributed by atoms with E-state index < -0.39 is 0 Å². The van der Waals surface area contributed by atoms with Gasteiger partial charge in [0, 0.05) is 36.7 Å². The van der Waals surface area contributed by atoms with Gasteiger partial charge in [-0.2, -0.15) is 0 Å². The second kappa shape index (κ2) is 5.46. The molecule has 104 valence electrons.